The molecule has 1 aliphatic heterocycles. The van der Waals surface area contributed by atoms with Crippen LogP contribution in [0.4, 0.5) is 0 Å². The highest BCUT2D eigenvalue weighted by Crippen LogP contribution is 2.20. The summed E-state index contributed by atoms with van der Waals surface area (Å²) in [4.78, 5) is 32.5. The number of hydrogen-bond acceptors (Lipinski definition) is 4. The topological polar surface area (TPSA) is 73.7 Å². The second kappa shape index (κ2) is 9.37. The molecule has 6 heteroatoms. The van der Waals surface area contributed by atoms with E-state index in [-0.39, 0.29) is 12.6 Å². The summed E-state index contributed by atoms with van der Waals surface area (Å²) in [6, 6.07) is 3.82. The maximum absolute atomic E-state index is 12.6. The quantitative estimate of drug-likeness (QED) is 0.795. The van der Waals surface area contributed by atoms with Gasteiger partial charge in [0.05, 0.1) is 0 Å². The number of likely N-dealkylation sites (N-methyl/N-ethyl adjacent to an activating group) is 1. The molecule has 1 fully saturated rings. The fourth-order valence-corrected chi connectivity index (χ4v) is 3.19. The van der Waals surface area contributed by atoms with E-state index in [1.165, 1.54) is 0 Å². The Hall–Kier alpha value is -1.95. The molecule has 2 rings (SSSR count). The van der Waals surface area contributed by atoms with Gasteiger partial charge in [-0.15, -0.1) is 0 Å². The van der Waals surface area contributed by atoms with Crippen LogP contribution in [-0.4, -0.2) is 64.0 Å². The number of pyridine rings is 1. The van der Waals surface area contributed by atoms with Gasteiger partial charge in [0, 0.05) is 44.7 Å². The van der Waals surface area contributed by atoms with Crippen molar-refractivity contribution in [1.29, 1.82) is 0 Å². The van der Waals surface area contributed by atoms with E-state index in [1.54, 1.807) is 22.2 Å². The first-order valence-corrected chi connectivity index (χ1v) is 8.77. The average Bonchev–Trinajstić information content (AvgIpc) is 2.63. The predicted molar refractivity (Wildman–Crippen MR) is 91.2 cm³/mol. The molecule has 0 radical (unpaired) electrons. The number of aromatic nitrogens is 1. The lowest BCUT2D eigenvalue weighted by Gasteiger charge is -2.36. The fraction of sp³-hybridized carbons (Fsp3) is 0.611. The second-order valence-corrected chi connectivity index (χ2v) is 6.15. The molecule has 132 valence electrons. The molecule has 1 saturated heterocycles. The van der Waals surface area contributed by atoms with E-state index in [0.717, 1.165) is 24.8 Å². The van der Waals surface area contributed by atoms with E-state index in [1.807, 2.05) is 19.1 Å². The smallest absolute Gasteiger partial charge is 0.312 e. The summed E-state index contributed by atoms with van der Waals surface area (Å²) in [5, 5.41) is 9.18. The molecule has 1 atom stereocenters. The summed E-state index contributed by atoms with van der Waals surface area (Å²) in [6.07, 6.45) is 7.53. The lowest BCUT2D eigenvalue weighted by atomic mass is 9.99. The minimum Gasteiger partial charge on any atom is -0.396 e. The summed E-state index contributed by atoms with van der Waals surface area (Å²) < 4.78 is 0. The molecule has 1 N–H and O–H groups in total. The van der Waals surface area contributed by atoms with Crippen LogP contribution in [0.3, 0.4) is 0 Å². The molecular formula is C18H27N3O3. The Balaban J connectivity index is 1.97. The van der Waals surface area contributed by atoms with Gasteiger partial charge in [-0.05, 0) is 56.7 Å². The van der Waals surface area contributed by atoms with Crippen molar-refractivity contribution in [3.05, 3.63) is 30.1 Å². The zero-order chi connectivity index (χ0) is 17.4. The van der Waals surface area contributed by atoms with Gasteiger partial charge in [0.1, 0.15) is 0 Å². The van der Waals surface area contributed by atoms with Crippen molar-refractivity contribution >= 4 is 11.8 Å². The maximum Gasteiger partial charge on any atom is 0.312 e. The maximum atomic E-state index is 12.6. The van der Waals surface area contributed by atoms with E-state index in [4.69, 9.17) is 0 Å². The molecule has 0 spiro atoms. The summed E-state index contributed by atoms with van der Waals surface area (Å²) in [6.45, 7) is 3.57. The first-order chi connectivity index (χ1) is 11.7. The Morgan fingerprint density at radius 1 is 1.33 bits per heavy atom. The first-order valence-electron chi connectivity index (χ1n) is 8.77. The molecular weight excluding hydrogens is 306 g/mol. The van der Waals surface area contributed by atoms with Gasteiger partial charge in [0.2, 0.25) is 0 Å². The number of carbonyl (C=O) groups excluding carboxylic acids is 2. The van der Waals surface area contributed by atoms with Crippen LogP contribution in [0.1, 0.15) is 38.2 Å². The van der Waals surface area contributed by atoms with E-state index in [2.05, 4.69) is 4.98 Å². The number of aliphatic hydroxyl groups excluding tert-OH is 1. The van der Waals surface area contributed by atoms with E-state index in [9.17, 15) is 14.7 Å². The molecule has 24 heavy (non-hydrogen) atoms. The molecule has 0 aromatic carbocycles. The Morgan fingerprint density at radius 2 is 2.08 bits per heavy atom. The number of rotatable bonds is 6. The van der Waals surface area contributed by atoms with E-state index >= 15 is 0 Å². The highest BCUT2D eigenvalue weighted by atomic mass is 16.3. The summed E-state index contributed by atoms with van der Waals surface area (Å²) in [5.41, 5.74) is 1.10. The molecule has 0 aliphatic carbocycles. The van der Waals surface area contributed by atoms with Crippen molar-refractivity contribution in [2.45, 2.75) is 45.1 Å². The van der Waals surface area contributed by atoms with Crippen LogP contribution in [-0.2, 0) is 16.0 Å². The highest BCUT2D eigenvalue weighted by Gasteiger charge is 2.32. The molecule has 6 nitrogen and oxygen atoms in total. The molecule has 0 saturated carbocycles. The molecule has 1 aliphatic rings. The SMILES string of the molecule is CCN(CCc1ccncc1)C(=O)C(=O)N1CCCCC1CCO. The van der Waals surface area contributed by atoms with Crippen LogP contribution >= 0.6 is 0 Å². The fourth-order valence-electron chi connectivity index (χ4n) is 3.19. The number of nitrogens with zero attached hydrogens (tertiary/aromatic N) is 3. The highest BCUT2D eigenvalue weighted by molar-refractivity contribution is 6.35. The third-order valence-corrected chi connectivity index (χ3v) is 4.62. The van der Waals surface area contributed by atoms with Crippen molar-refractivity contribution in [2.75, 3.05) is 26.2 Å². The van der Waals surface area contributed by atoms with Gasteiger partial charge in [-0.25, -0.2) is 0 Å². The lowest BCUT2D eigenvalue weighted by molar-refractivity contribution is -0.154. The minimum absolute atomic E-state index is 0.0147. The van der Waals surface area contributed by atoms with Crippen LogP contribution in [0.5, 0.6) is 0 Å². The van der Waals surface area contributed by atoms with Crippen LogP contribution < -0.4 is 0 Å². The number of piperidine rings is 1. The van der Waals surface area contributed by atoms with Crippen molar-refractivity contribution in [3.63, 3.8) is 0 Å². The van der Waals surface area contributed by atoms with Gasteiger partial charge in [-0.2, -0.15) is 0 Å². The molecule has 2 amide bonds. The van der Waals surface area contributed by atoms with Crippen molar-refractivity contribution in [1.82, 2.24) is 14.8 Å². The average molecular weight is 333 g/mol. The van der Waals surface area contributed by atoms with E-state index < -0.39 is 11.8 Å². The summed E-state index contributed by atoms with van der Waals surface area (Å²) in [7, 11) is 0. The van der Waals surface area contributed by atoms with Gasteiger partial charge in [-0.1, -0.05) is 0 Å². The number of carbonyl (C=O) groups is 2. The third kappa shape index (κ3) is 4.77. The van der Waals surface area contributed by atoms with Gasteiger partial charge >= 0.3 is 11.8 Å². The number of likely N-dealkylation sites (tertiary alicyclic amines) is 1. The lowest BCUT2D eigenvalue weighted by Crippen LogP contribution is -2.51. The number of aliphatic hydroxyl groups is 1. The van der Waals surface area contributed by atoms with Gasteiger partial charge in [0.25, 0.3) is 0 Å². The van der Waals surface area contributed by atoms with E-state index in [0.29, 0.717) is 32.5 Å². The summed E-state index contributed by atoms with van der Waals surface area (Å²) >= 11 is 0. The third-order valence-electron chi connectivity index (χ3n) is 4.62. The monoisotopic (exact) mass is 333 g/mol. The zero-order valence-corrected chi connectivity index (χ0v) is 14.4. The Bertz CT molecular complexity index is 534. The zero-order valence-electron chi connectivity index (χ0n) is 14.4. The van der Waals surface area contributed by atoms with Gasteiger partial charge in [-0.3, -0.25) is 14.6 Å². The van der Waals surface area contributed by atoms with Crippen LogP contribution in [0, 0.1) is 0 Å². The molecule has 2 heterocycles. The standard InChI is InChI=1S/C18H27N3O3/c1-2-20(13-8-15-6-10-19-11-7-15)17(23)18(24)21-12-4-3-5-16(21)9-14-22/h6-7,10-11,16,22H,2-5,8-9,12-14H2,1H3. The molecule has 1 aromatic rings. The normalized spacial score (nSPS) is 17.6. The predicted octanol–water partition coefficient (Wildman–Crippen LogP) is 1.24. The van der Waals surface area contributed by atoms with Crippen LogP contribution in [0.15, 0.2) is 24.5 Å². The van der Waals surface area contributed by atoms with Crippen LogP contribution in [0.2, 0.25) is 0 Å². The Labute approximate surface area is 143 Å². The number of hydrogen-bond donors (Lipinski definition) is 1. The summed E-state index contributed by atoms with van der Waals surface area (Å²) in [5.74, 6) is -0.860. The van der Waals surface area contributed by atoms with Gasteiger partial charge in [0.15, 0.2) is 0 Å². The second-order valence-electron chi connectivity index (χ2n) is 6.15. The Kier molecular flexibility index (Phi) is 7.18. The molecule has 1 unspecified atom stereocenters. The van der Waals surface area contributed by atoms with Crippen molar-refractivity contribution < 1.29 is 14.7 Å². The number of amides is 2. The van der Waals surface area contributed by atoms with Crippen LogP contribution in [0.25, 0.3) is 0 Å². The molecule has 0 bridgehead atoms. The largest absolute Gasteiger partial charge is 0.396 e. The van der Waals surface area contributed by atoms with Gasteiger partial charge < -0.3 is 14.9 Å². The van der Waals surface area contributed by atoms with Crippen molar-refractivity contribution in [2.24, 2.45) is 0 Å². The minimum atomic E-state index is -0.434. The molecule has 1 aromatic heterocycles. The first kappa shape index (κ1) is 18.4. The van der Waals surface area contributed by atoms with Crippen molar-refractivity contribution in [3.8, 4) is 0 Å². The Morgan fingerprint density at radius 3 is 2.75 bits per heavy atom.